The minimum atomic E-state index is 1.43. The van der Waals surface area contributed by atoms with Crippen LogP contribution in [0.2, 0.25) is 0 Å². The van der Waals surface area contributed by atoms with Crippen molar-refractivity contribution in [1.29, 1.82) is 0 Å². The van der Waals surface area contributed by atoms with Crippen LogP contribution in [0.25, 0.3) is 80.0 Å². The molecule has 0 fully saturated rings. The first-order valence-corrected chi connectivity index (χ1v) is 17.8. The maximum Gasteiger partial charge on any atom is 0.0636 e. The molecule has 0 aliphatic carbocycles. The lowest BCUT2D eigenvalue weighted by atomic mass is 10.2. The number of rotatable bonds is 2. The van der Waals surface area contributed by atoms with Crippen molar-refractivity contribution in [3.63, 3.8) is 0 Å². The summed E-state index contributed by atoms with van der Waals surface area (Å²) in [5.74, 6) is 0. The standard InChI is InChI=1S/C24H8S9/c1-9-11-3-27-21(17(11)31-15(9)7-25-1)23-19-13(5-29-23)14-6-30-24(20(14)33-19)22-18-12(4-28-22)10-2-26-8-16(10)32-18/h1-8H. The lowest BCUT2D eigenvalue weighted by Gasteiger charge is -1.94. The molecule has 0 bridgehead atoms. The molecule has 0 N–H and O–H groups in total. The zero-order chi connectivity index (χ0) is 21.3. The second-order valence-corrected chi connectivity index (χ2v) is 16.0. The monoisotopic (exact) mass is 584 g/mol. The van der Waals surface area contributed by atoms with Crippen LogP contribution in [0.3, 0.4) is 0 Å². The zero-order valence-corrected chi connectivity index (χ0v) is 23.6. The van der Waals surface area contributed by atoms with E-state index in [2.05, 4.69) is 43.0 Å². The van der Waals surface area contributed by atoms with Gasteiger partial charge in [-0.3, -0.25) is 0 Å². The van der Waals surface area contributed by atoms with Gasteiger partial charge in [0.05, 0.1) is 38.3 Å². The van der Waals surface area contributed by atoms with E-state index in [1.165, 1.54) is 80.0 Å². The summed E-state index contributed by atoms with van der Waals surface area (Å²) < 4.78 is 8.74. The van der Waals surface area contributed by atoms with Crippen molar-refractivity contribution in [3.05, 3.63) is 43.0 Å². The minimum Gasteiger partial charge on any atom is -0.150 e. The van der Waals surface area contributed by atoms with E-state index in [4.69, 9.17) is 0 Å². The van der Waals surface area contributed by atoms with Gasteiger partial charge in [-0.1, -0.05) is 0 Å². The van der Waals surface area contributed by atoms with Gasteiger partial charge < -0.3 is 0 Å². The Balaban J connectivity index is 1.29. The molecule has 0 saturated heterocycles. The van der Waals surface area contributed by atoms with Gasteiger partial charge in [-0.05, 0) is 0 Å². The van der Waals surface area contributed by atoms with E-state index in [1.54, 1.807) is 0 Å². The molecule has 0 spiro atoms. The van der Waals surface area contributed by atoms with Crippen LogP contribution < -0.4 is 0 Å². The molecule has 0 atom stereocenters. The average Bonchev–Trinajstić information content (AvgIpc) is 3.60. The Kier molecular flexibility index (Phi) is 3.90. The molecule has 0 unspecified atom stereocenters. The number of fused-ring (bicyclic) bond motifs is 9. The minimum absolute atomic E-state index is 1.43. The van der Waals surface area contributed by atoms with Crippen LogP contribution in [-0.2, 0) is 0 Å². The molecule has 9 rings (SSSR count). The van der Waals surface area contributed by atoms with Gasteiger partial charge in [0.2, 0.25) is 0 Å². The summed E-state index contributed by atoms with van der Waals surface area (Å²) in [6.07, 6.45) is 0. The third kappa shape index (κ3) is 2.43. The Morgan fingerprint density at radius 2 is 0.697 bits per heavy atom. The first-order valence-electron chi connectivity index (χ1n) is 9.99. The molecule has 9 heterocycles. The Hall–Kier alpha value is -1.14. The van der Waals surface area contributed by atoms with E-state index < -0.39 is 0 Å². The molecule has 9 aromatic heterocycles. The SMILES string of the molecule is c1scc2c1sc1c(-c3scc4c3sc3c(-c5scc6c5sc5cscc56)scc34)scc12. The maximum absolute atomic E-state index is 2.39. The molecule has 158 valence electrons. The van der Waals surface area contributed by atoms with Crippen molar-refractivity contribution >= 4 is 163 Å². The van der Waals surface area contributed by atoms with Crippen LogP contribution >= 0.6 is 102 Å². The molecule has 0 aliphatic rings. The first-order chi connectivity index (χ1) is 16.3. The van der Waals surface area contributed by atoms with Gasteiger partial charge in [-0.2, -0.15) is 22.7 Å². The van der Waals surface area contributed by atoms with Crippen molar-refractivity contribution < 1.29 is 0 Å². The highest BCUT2D eigenvalue weighted by Crippen LogP contribution is 2.55. The van der Waals surface area contributed by atoms with Crippen molar-refractivity contribution in [2.45, 2.75) is 0 Å². The Morgan fingerprint density at radius 3 is 1.12 bits per heavy atom. The zero-order valence-electron chi connectivity index (χ0n) is 16.3. The fraction of sp³-hybridized carbons (Fsp3) is 0. The number of thiophene rings is 9. The molecule has 0 saturated carbocycles. The predicted molar refractivity (Wildman–Crippen MR) is 163 cm³/mol. The summed E-state index contributed by atoms with van der Waals surface area (Å²) in [6.45, 7) is 0. The van der Waals surface area contributed by atoms with Crippen molar-refractivity contribution in [2.75, 3.05) is 0 Å². The summed E-state index contributed by atoms with van der Waals surface area (Å²) in [6, 6.07) is 0. The van der Waals surface area contributed by atoms with Crippen LogP contribution in [0.15, 0.2) is 43.0 Å². The maximum atomic E-state index is 2.39. The summed E-state index contributed by atoms with van der Waals surface area (Å²) in [4.78, 5) is 5.84. The molecule has 0 nitrogen and oxygen atoms in total. The Morgan fingerprint density at radius 1 is 0.333 bits per heavy atom. The van der Waals surface area contributed by atoms with Gasteiger partial charge in [-0.25, -0.2) is 0 Å². The molecular weight excluding hydrogens is 577 g/mol. The largest absolute Gasteiger partial charge is 0.150 e. The van der Waals surface area contributed by atoms with Crippen molar-refractivity contribution in [3.8, 4) is 19.5 Å². The molecule has 9 heteroatoms. The highest BCUT2D eigenvalue weighted by Gasteiger charge is 2.23. The van der Waals surface area contributed by atoms with E-state index in [0.29, 0.717) is 0 Å². The van der Waals surface area contributed by atoms with Crippen molar-refractivity contribution in [2.24, 2.45) is 0 Å². The van der Waals surface area contributed by atoms with Gasteiger partial charge in [0.1, 0.15) is 0 Å². The van der Waals surface area contributed by atoms with Crippen LogP contribution in [0.4, 0.5) is 0 Å². The normalized spacial score (nSPS) is 12.8. The second-order valence-electron chi connectivity index (χ2n) is 7.84. The Labute approximate surface area is 222 Å². The highest BCUT2D eigenvalue weighted by molar-refractivity contribution is 7.38. The number of hydrogen-bond donors (Lipinski definition) is 0. The smallest absolute Gasteiger partial charge is 0.0636 e. The third-order valence-electron chi connectivity index (χ3n) is 6.15. The molecule has 0 aliphatic heterocycles. The summed E-state index contributed by atoms with van der Waals surface area (Å²) in [7, 11) is 0. The number of hydrogen-bond acceptors (Lipinski definition) is 9. The van der Waals surface area contributed by atoms with Gasteiger partial charge in [-0.15, -0.1) is 79.4 Å². The lowest BCUT2D eigenvalue weighted by molar-refractivity contribution is 2.27. The van der Waals surface area contributed by atoms with E-state index in [1.807, 2.05) is 102 Å². The quantitative estimate of drug-likeness (QED) is 0.190. The van der Waals surface area contributed by atoms with Crippen LogP contribution in [0.1, 0.15) is 0 Å². The van der Waals surface area contributed by atoms with Gasteiger partial charge >= 0.3 is 0 Å². The van der Waals surface area contributed by atoms with E-state index in [0.717, 1.165) is 0 Å². The van der Waals surface area contributed by atoms with Crippen LogP contribution in [-0.4, -0.2) is 0 Å². The summed E-state index contributed by atoms with van der Waals surface area (Å²) in [5.41, 5.74) is 0. The van der Waals surface area contributed by atoms with Gasteiger partial charge in [0, 0.05) is 84.8 Å². The molecule has 0 aromatic carbocycles. The molecular formula is C24H8S9. The molecule has 9 aromatic rings. The van der Waals surface area contributed by atoms with Crippen molar-refractivity contribution in [1.82, 2.24) is 0 Å². The van der Waals surface area contributed by atoms with Gasteiger partial charge in [0.25, 0.3) is 0 Å². The van der Waals surface area contributed by atoms with E-state index in [9.17, 15) is 0 Å². The third-order valence-corrected chi connectivity index (χ3v) is 16.3. The molecule has 0 radical (unpaired) electrons. The highest BCUT2D eigenvalue weighted by atomic mass is 32.1. The second kappa shape index (κ2) is 6.75. The fourth-order valence-electron chi connectivity index (χ4n) is 4.61. The fourth-order valence-corrected chi connectivity index (χ4v) is 15.8. The molecule has 0 amide bonds. The van der Waals surface area contributed by atoms with E-state index in [-0.39, 0.29) is 0 Å². The van der Waals surface area contributed by atoms with Crippen LogP contribution in [0.5, 0.6) is 0 Å². The topological polar surface area (TPSA) is 0 Å². The Bertz CT molecular complexity index is 1990. The average molecular weight is 585 g/mol. The predicted octanol–water partition coefficient (Wildman–Crippen LogP) is 12.5. The van der Waals surface area contributed by atoms with E-state index >= 15 is 0 Å². The molecule has 33 heavy (non-hydrogen) atoms. The summed E-state index contributed by atoms with van der Waals surface area (Å²) >= 11 is 17.2. The summed E-state index contributed by atoms with van der Waals surface area (Å²) in [5, 5.41) is 27.3. The van der Waals surface area contributed by atoms with Crippen LogP contribution in [0, 0.1) is 0 Å². The first kappa shape index (κ1) is 19.1. The lowest BCUT2D eigenvalue weighted by Crippen LogP contribution is -1.62. The van der Waals surface area contributed by atoms with Gasteiger partial charge in [0.15, 0.2) is 0 Å².